The molecule has 1 aliphatic heterocycles. The normalized spacial score (nSPS) is 25.1. The van der Waals surface area contributed by atoms with E-state index in [0.29, 0.717) is 30.9 Å². The van der Waals surface area contributed by atoms with E-state index in [1.54, 1.807) is 0 Å². The molecule has 1 aromatic heterocycles. The van der Waals surface area contributed by atoms with Crippen molar-refractivity contribution in [3.63, 3.8) is 0 Å². The van der Waals surface area contributed by atoms with Gasteiger partial charge in [-0.25, -0.2) is 0 Å². The van der Waals surface area contributed by atoms with Crippen LogP contribution in [0, 0.1) is 12.8 Å². The molecule has 4 rings (SSSR count). The van der Waals surface area contributed by atoms with Crippen LogP contribution in [0.15, 0.2) is 40.8 Å². The first-order chi connectivity index (χ1) is 11.7. The molecule has 3 atom stereocenters. The second kappa shape index (κ2) is 6.44. The molecule has 2 aromatic rings. The maximum atomic E-state index is 12.1. The average Bonchev–Trinajstić information content (AvgIpc) is 3.18. The van der Waals surface area contributed by atoms with Crippen molar-refractivity contribution in [1.29, 1.82) is 0 Å². The van der Waals surface area contributed by atoms with E-state index in [0.717, 1.165) is 36.5 Å². The Labute approximate surface area is 142 Å². The zero-order valence-electron chi connectivity index (χ0n) is 14.0. The highest BCUT2D eigenvalue weighted by atomic mass is 16.5. The van der Waals surface area contributed by atoms with Gasteiger partial charge < -0.3 is 14.5 Å². The molecule has 126 valence electrons. The molecule has 2 heterocycles. The zero-order chi connectivity index (χ0) is 16.5. The lowest BCUT2D eigenvalue weighted by atomic mass is 9.76. The summed E-state index contributed by atoms with van der Waals surface area (Å²) in [4.78, 5) is 12.1. The number of ether oxygens (including phenoxy) is 1. The summed E-state index contributed by atoms with van der Waals surface area (Å²) in [7, 11) is 0. The summed E-state index contributed by atoms with van der Waals surface area (Å²) in [6, 6.07) is 12.5. The van der Waals surface area contributed by atoms with E-state index in [1.165, 1.54) is 5.56 Å². The standard InChI is InChI=1S/C20H23NO3/c1-13-2-4-14(5-3-13)18-8-6-15(24-18)7-9-20(22)21-17-12-19-16(17)10-11-23-19/h2-6,8,16-17,19H,7,9-12H2,1H3,(H,21,22)/t16-,17+,19+/m1/s1. The Balaban J connectivity index is 1.28. The summed E-state index contributed by atoms with van der Waals surface area (Å²) in [6.45, 7) is 2.91. The minimum atomic E-state index is 0.110. The van der Waals surface area contributed by atoms with Crippen molar-refractivity contribution in [3.8, 4) is 11.3 Å². The molecule has 1 N–H and O–H groups in total. The molecule has 0 spiro atoms. The monoisotopic (exact) mass is 325 g/mol. The van der Waals surface area contributed by atoms with E-state index in [1.807, 2.05) is 12.1 Å². The van der Waals surface area contributed by atoms with Gasteiger partial charge in [-0.15, -0.1) is 0 Å². The predicted molar refractivity (Wildman–Crippen MR) is 91.6 cm³/mol. The third-order valence-electron chi connectivity index (χ3n) is 5.21. The number of amides is 1. The van der Waals surface area contributed by atoms with Crippen molar-refractivity contribution in [1.82, 2.24) is 5.32 Å². The predicted octanol–water partition coefficient (Wildman–Crippen LogP) is 3.48. The van der Waals surface area contributed by atoms with Crippen LogP contribution in [0.5, 0.6) is 0 Å². The molecule has 0 radical (unpaired) electrons. The Bertz CT molecular complexity index is 719. The fourth-order valence-corrected chi connectivity index (χ4v) is 3.66. The van der Waals surface area contributed by atoms with Gasteiger partial charge in [-0.3, -0.25) is 4.79 Å². The van der Waals surface area contributed by atoms with Gasteiger partial charge in [-0.05, 0) is 31.9 Å². The number of fused-ring (bicyclic) bond motifs is 1. The van der Waals surface area contributed by atoms with Gasteiger partial charge in [0, 0.05) is 37.0 Å². The number of rotatable bonds is 5. The van der Waals surface area contributed by atoms with Gasteiger partial charge in [0.05, 0.1) is 6.10 Å². The first-order valence-electron chi connectivity index (χ1n) is 8.76. The van der Waals surface area contributed by atoms with Crippen molar-refractivity contribution >= 4 is 5.91 Å². The fourth-order valence-electron chi connectivity index (χ4n) is 3.66. The molecule has 4 nitrogen and oxygen atoms in total. The summed E-state index contributed by atoms with van der Waals surface area (Å²) in [5.74, 6) is 2.36. The summed E-state index contributed by atoms with van der Waals surface area (Å²) < 4.78 is 11.5. The zero-order valence-corrected chi connectivity index (χ0v) is 14.0. The lowest BCUT2D eigenvalue weighted by Crippen LogP contribution is -2.53. The molecule has 1 saturated carbocycles. The summed E-state index contributed by atoms with van der Waals surface area (Å²) in [5, 5.41) is 3.14. The molecule has 1 amide bonds. The topological polar surface area (TPSA) is 51.5 Å². The minimum absolute atomic E-state index is 0.110. The lowest BCUT2D eigenvalue weighted by Gasteiger charge is -2.39. The van der Waals surface area contributed by atoms with Crippen molar-refractivity contribution in [2.24, 2.45) is 5.92 Å². The Morgan fingerprint density at radius 3 is 2.83 bits per heavy atom. The van der Waals surface area contributed by atoms with E-state index in [4.69, 9.17) is 9.15 Å². The highest BCUT2D eigenvalue weighted by molar-refractivity contribution is 5.76. The first-order valence-corrected chi connectivity index (χ1v) is 8.76. The molecule has 1 aliphatic carbocycles. The third kappa shape index (κ3) is 3.11. The minimum Gasteiger partial charge on any atom is -0.461 e. The number of aryl methyl sites for hydroxylation is 2. The van der Waals surface area contributed by atoms with E-state index < -0.39 is 0 Å². The number of carbonyl (C=O) groups excluding carboxylic acids is 1. The van der Waals surface area contributed by atoms with Crippen LogP contribution in [0.1, 0.15) is 30.6 Å². The van der Waals surface area contributed by atoms with Crippen LogP contribution in [-0.4, -0.2) is 24.7 Å². The van der Waals surface area contributed by atoms with Gasteiger partial charge >= 0.3 is 0 Å². The number of benzene rings is 1. The molecule has 1 aromatic carbocycles. The van der Waals surface area contributed by atoms with Crippen molar-refractivity contribution in [2.45, 2.75) is 44.8 Å². The molecule has 1 saturated heterocycles. The van der Waals surface area contributed by atoms with Gasteiger partial charge in [-0.1, -0.05) is 29.8 Å². The number of hydrogen-bond acceptors (Lipinski definition) is 3. The quantitative estimate of drug-likeness (QED) is 0.915. The lowest BCUT2D eigenvalue weighted by molar-refractivity contribution is -0.124. The van der Waals surface area contributed by atoms with Crippen LogP contribution in [0.3, 0.4) is 0 Å². The van der Waals surface area contributed by atoms with E-state index in [2.05, 4.69) is 36.5 Å². The maximum Gasteiger partial charge on any atom is 0.220 e. The number of carbonyl (C=O) groups is 1. The Morgan fingerprint density at radius 2 is 2.04 bits per heavy atom. The van der Waals surface area contributed by atoms with E-state index in [-0.39, 0.29) is 5.91 Å². The molecule has 24 heavy (non-hydrogen) atoms. The SMILES string of the molecule is Cc1ccc(-c2ccc(CCC(=O)N[C@H]3C[C@@H]4OCC[C@H]34)o2)cc1. The number of hydrogen-bond donors (Lipinski definition) is 1. The Hall–Kier alpha value is -2.07. The van der Waals surface area contributed by atoms with Crippen molar-refractivity contribution in [2.75, 3.05) is 6.61 Å². The van der Waals surface area contributed by atoms with Gasteiger partial charge in [0.2, 0.25) is 5.91 Å². The second-order valence-corrected chi connectivity index (χ2v) is 6.90. The Morgan fingerprint density at radius 1 is 1.21 bits per heavy atom. The van der Waals surface area contributed by atoms with Crippen LogP contribution in [0.25, 0.3) is 11.3 Å². The average molecular weight is 325 g/mol. The van der Waals surface area contributed by atoms with Crippen LogP contribution in [0.4, 0.5) is 0 Å². The van der Waals surface area contributed by atoms with Gasteiger partial charge in [-0.2, -0.15) is 0 Å². The number of furan rings is 1. The maximum absolute atomic E-state index is 12.1. The molecule has 0 bridgehead atoms. The first kappa shape index (κ1) is 15.5. The molecule has 2 aliphatic rings. The summed E-state index contributed by atoms with van der Waals surface area (Å²) >= 11 is 0. The van der Waals surface area contributed by atoms with Crippen LogP contribution in [-0.2, 0) is 16.0 Å². The number of nitrogens with one attached hydrogen (secondary N) is 1. The van der Waals surface area contributed by atoms with Crippen LogP contribution in [0.2, 0.25) is 0 Å². The van der Waals surface area contributed by atoms with E-state index in [9.17, 15) is 4.79 Å². The molecule has 0 unspecified atom stereocenters. The van der Waals surface area contributed by atoms with Gasteiger partial charge in [0.15, 0.2) is 0 Å². The van der Waals surface area contributed by atoms with E-state index >= 15 is 0 Å². The highest BCUT2D eigenvalue weighted by Crippen LogP contribution is 2.38. The van der Waals surface area contributed by atoms with Gasteiger partial charge in [0.1, 0.15) is 11.5 Å². The Kier molecular flexibility index (Phi) is 4.15. The highest BCUT2D eigenvalue weighted by Gasteiger charge is 2.45. The largest absolute Gasteiger partial charge is 0.461 e. The summed E-state index contributed by atoms with van der Waals surface area (Å²) in [5.41, 5.74) is 2.30. The second-order valence-electron chi connectivity index (χ2n) is 6.90. The molecule has 2 fully saturated rings. The molecular formula is C20H23NO3. The molecular weight excluding hydrogens is 302 g/mol. The molecule has 4 heteroatoms. The van der Waals surface area contributed by atoms with Crippen LogP contribution >= 0.6 is 0 Å². The van der Waals surface area contributed by atoms with Crippen molar-refractivity contribution in [3.05, 3.63) is 47.7 Å². The summed E-state index contributed by atoms with van der Waals surface area (Å²) in [6.07, 6.45) is 3.53. The van der Waals surface area contributed by atoms with Crippen LogP contribution < -0.4 is 5.32 Å². The van der Waals surface area contributed by atoms with Crippen molar-refractivity contribution < 1.29 is 13.9 Å². The smallest absolute Gasteiger partial charge is 0.220 e. The van der Waals surface area contributed by atoms with Gasteiger partial charge in [0.25, 0.3) is 0 Å². The fraction of sp³-hybridized carbons (Fsp3) is 0.450. The third-order valence-corrected chi connectivity index (χ3v) is 5.21.